The summed E-state index contributed by atoms with van der Waals surface area (Å²) < 4.78 is 11.1. The fourth-order valence-electron chi connectivity index (χ4n) is 2.24. The maximum atomic E-state index is 10.9. The van der Waals surface area contributed by atoms with Crippen LogP contribution in [-0.4, -0.2) is 16.1 Å². The zero-order valence-electron chi connectivity index (χ0n) is 12.6. The molecule has 0 bridgehead atoms. The van der Waals surface area contributed by atoms with Crippen LogP contribution in [0.5, 0.6) is 5.75 Å². The quantitative estimate of drug-likeness (QED) is 0.726. The number of halogens is 1. The summed E-state index contributed by atoms with van der Waals surface area (Å²) in [5.41, 5.74) is 1.62. The Labute approximate surface area is 143 Å². The predicted molar refractivity (Wildman–Crippen MR) is 88.5 cm³/mol. The van der Waals surface area contributed by atoms with Gasteiger partial charge in [-0.1, -0.05) is 17.7 Å². The Morgan fingerprint density at radius 3 is 2.79 bits per heavy atom. The first-order chi connectivity index (χ1) is 11.6. The number of aromatic carboxylic acids is 1. The number of aromatic nitrogens is 1. The van der Waals surface area contributed by atoms with E-state index >= 15 is 0 Å². The smallest absolute Gasteiger partial charge is 0.371 e. The van der Waals surface area contributed by atoms with Crippen LogP contribution >= 0.6 is 11.6 Å². The number of carbonyl (C=O) groups is 1. The minimum absolute atomic E-state index is 0.0945. The molecule has 3 rings (SSSR count). The van der Waals surface area contributed by atoms with Crippen molar-refractivity contribution in [2.24, 2.45) is 0 Å². The minimum Gasteiger partial charge on any atom is -0.487 e. The SMILES string of the molecule is O=C(O)c1ccc(Cc2cc(Cl)ccc2OCc2ccccn2)o1. The van der Waals surface area contributed by atoms with Gasteiger partial charge in [-0.3, -0.25) is 4.98 Å². The molecular formula is C18H14ClNO4. The normalized spacial score (nSPS) is 10.5. The predicted octanol–water partition coefficient (Wildman–Crippen LogP) is 4.20. The van der Waals surface area contributed by atoms with Crippen molar-refractivity contribution >= 4 is 17.6 Å². The van der Waals surface area contributed by atoms with E-state index < -0.39 is 5.97 Å². The first-order valence-electron chi connectivity index (χ1n) is 7.25. The summed E-state index contributed by atoms with van der Waals surface area (Å²) in [5.74, 6) is -0.0161. The van der Waals surface area contributed by atoms with E-state index in [4.69, 9.17) is 25.9 Å². The van der Waals surface area contributed by atoms with Crippen LogP contribution in [0, 0.1) is 0 Å². The van der Waals surface area contributed by atoms with E-state index in [0.717, 1.165) is 11.3 Å². The number of hydrogen-bond donors (Lipinski definition) is 1. The Hall–Kier alpha value is -2.79. The molecule has 0 aliphatic rings. The molecule has 0 saturated carbocycles. The molecule has 0 atom stereocenters. The van der Waals surface area contributed by atoms with Gasteiger partial charge in [-0.25, -0.2) is 4.79 Å². The Balaban J connectivity index is 1.78. The van der Waals surface area contributed by atoms with Crippen molar-refractivity contribution in [1.82, 2.24) is 4.98 Å². The molecular weight excluding hydrogens is 330 g/mol. The van der Waals surface area contributed by atoms with E-state index in [-0.39, 0.29) is 5.76 Å². The van der Waals surface area contributed by atoms with E-state index in [0.29, 0.717) is 29.6 Å². The average Bonchev–Trinajstić information content (AvgIpc) is 3.04. The van der Waals surface area contributed by atoms with Crippen molar-refractivity contribution in [1.29, 1.82) is 0 Å². The number of pyridine rings is 1. The van der Waals surface area contributed by atoms with Crippen molar-refractivity contribution in [2.75, 3.05) is 0 Å². The van der Waals surface area contributed by atoms with Crippen LogP contribution in [0.4, 0.5) is 0 Å². The van der Waals surface area contributed by atoms with E-state index in [9.17, 15) is 4.79 Å². The number of carboxylic acid groups (broad SMARTS) is 1. The van der Waals surface area contributed by atoms with Crippen LogP contribution in [0.25, 0.3) is 0 Å². The van der Waals surface area contributed by atoms with E-state index in [2.05, 4.69) is 4.98 Å². The van der Waals surface area contributed by atoms with Gasteiger partial charge in [0.15, 0.2) is 0 Å². The van der Waals surface area contributed by atoms with E-state index in [1.54, 1.807) is 30.5 Å². The highest BCUT2D eigenvalue weighted by Crippen LogP contribution is 2.27. The zero-order valence-corrected chi connectivity index (χ0v) is 13.4. The van der Waals surface area contributed by atoms with Crippen LogP contribution < -0.4 is 4.74 Å². The van der Waals surface area contributed by atoms with Crippen LogP contribution in [0.15, 0.2) is 59.1 Å². The molecule has 5 nitrogen and oxygen atoms in total. The molecule has 122 valence electrons. The summed E-state index contributed by atoms with van der Waals surface area (Å²) in [4.78, 5) is 15.1. The van der Waals surface area contributed by atoms with Gasteiger partial charge < -0.3 is 14.3 Å². The molecule has 0 radical (unpaired) electrons. The summed E-state index contributed by atoms with van der Waals surface area (Å²) >= 11 is 6.06. The largest absolute Gasteiger partial charge is 0.487 e. The molecule has 0 saturated heterocycles. The summed E-state index contributed by atoms with van der Waals surface area (Å²) in [6.45, 7) is 0.327. The standard InChI is InChI=1S/C18H14ClNO4/c19-13-4-6-16(23-11-14-3-1-2-8-20-14)12(9-13)10-15-5-7-17(24-15)18(21)22/h1-9H,10-11H2,(H,21,22). The lowest BCUT2D eigenvalue weighted by atomic mass is 10.1. The Bertz CT molecular complexity index is 845. The van der Waals surface area contributed by atoms with Gasteiger partial charge in [0.25, 0.3) is 0 Å². The first-order valence-corrected chi connectivity index (χ1v) is 7.63. The molecule has 0 amide bonds. The number of benzene rings is 1. The third-order valence-corrected chi connectivity index (χ3v) is 3.60. The third kappa shape index (κ3) is 3.94. The summed E-state index contributed by atoms with van der Waals surface area (Å²) in [6, 6.07) is 14.0. The maximum absolute atomic E-state index is 10.9. The highest BCUT2D eigenvalue weighted by atomic mass is 35.5. The second-order valence-corrected chi connectivity index (χ2v) is 5.55. The second-order valence-electron chi connectivity index (χ2n) is 5.11. The topological polar surface area (TPSA) is 72.6 Å². The molecule has 2 aromatic heterocycles. The van der Waals surface area contributed by atoms with Gasteiger partial charge in [0.05, 0.1) is 5.69 Å². The molecule has 0 unspecified atom stereocenters. The fraction of sp³-hybridized carbons (Fsp3) is 0.111. The Morgan fingerprint density at radius 2 is 2.08 bits per heavy atom. The summed E-state index contributed by atoms with van der Waals surface area (Å²) in [5, 5.41) is 9.50. The molecule has 1 aromatic carbocycles. The summed E-state index contributed by atoms with van der Waals surface area (Å²) in [7, 11) is 0. The van der Waals surface area contributed by atoms with Crippen LogP contribution in [0.2, 0.25) is 5.02 Å². The molecule has 0 aliphatic heterocycles. The monoisotopic (exact) mass is 343 g/mol. The van der Waals surface area contributed by atoms with Gasteiger partial charge in [-0.2, -0.15) is 0 Å². The van der Waals surface area contributed by atoms with Gasteiger partial charge in [-0.15, -0.1) is 0 Å². The van der Waals surface area contributed by atoms with Crippen molar-refractivity contribution in [3.8, 4) is 5.75 Å². The fourth-order valence-corrected chi connectivity index (χ4v) is 2.43. The lowest BCUT2D eigenvalue weighted by molar-refractivity contribution is 0.0660. The molecule has 6 heteroatoms. The first kappa shape index (κ1) is 16.1. The lowest BCUT2D eigenvalue weighted by Crippen LogP contribution is -2.00. The Kier molecular flexibility index (Phi) is 4.82. The van der Waals surface area contributed by atoms with Crippen molar-refractivity contribution in [3.63, 3.8) is 0 Å². The van der Waals surface area contributed by atoms with Gasteiger partial charge in [0.1, 0.15) is 18.1 Å². The molecule has 24 heavy (non-hydrogen) atoms. The number of hydrogen-bond acceptors (Lipinski definition) is 4. The number of carboxylic acids is 1. The second kappa shape index (κ2) is 7.19. The zero-order chi connectivity index (χ0) is 16.9. The molecule has 1 N–H and O–H groups in total. The number of furan rings is 1. The lowest BCUT2D eigenvalue weighted by Gasteiger charge is -2.11. The summed E-state index contributed by atoms with van der Waals surface area (Å²) in [6.07, 6.45) is 2.09. The molecule has 0 fully saturated rings. The third-order valence-electron chi connectivity index (χ3n) is 3.36. The van der Waals surface area contributed by atoms with Crippen molar-refractivity contribution in [2.45, 2.75) is 13.0 Å². The van der Waals surface area contributed by atoms with Gasteiger partial charge >= 0.3 is 5.97 Å². The Morgan fingerprint density at radius 1 is 1.21 bits per heavy atom. The highest BCUT2D eigenvalue weighted by Gasteiger charge is 2.12. The number of nitrogens with zero attached hydrogens (tertiary/aromatic N) is 1. The average molecular weight is 344 g/mol. The van der Waals surface area contributed by atoms with Crippen molar-refractivity contribution < 1.29 is 19.1 Å². The van der Waals surface area contributed by atoms with Crippen LogP contribution in [-0.2, 0) is 13.0 Å². The minimum atomic E-state index is -1.10. The molecule has 0 spiro atoms. The van der Waals surface area contributed by atoms with Gasteiger partial charge in [0.2, 0.25) is 5.76 Å². The maximum Gasteiger partial charge on any atom is 0.371 e. The van der Waals surface area contributed by atoms with E-state index in [1.165, 1.54) is 6.07 Å². The highest BCUT2D eigenvalue weighted by molar-refractivity contribution is 6.30. The van der Waals surface area contributed by atoms with Crippen LogP contribution in [0.3, 0.4) is 0 Å². The number of ether oxygens (including phenoxy) is 1. The van der Waals surface area contributed by atoms with Gasteiger partial charge in [0, 0.05) is 23.2 Å². The molecule has 0 aliphatic carbocycles. The van der Waals surface area contributed by atoms with Crippen LogP contribution in [0.1, 0.15) is 27.6 Å². The molecule has 2 heterocycles. The van der Waals surface area contributed by atoms with E-state index in [1.807, 2.05) is 18.2 Å². The van der Waals surface area contributed by atoms with Gasteiger partial charge in [-0.05, 0) is 42.5 Å². The van der Waals surface area contributed by atoms with Crippen molar-refractivity contribution in [3.05, 3.63) is 82.5 Å². The number of rotatable bonds is 6. The molecule has 3 aromatic rings.